The van der Waals surface area contributed by atoms with Crippen molar-refractivity contribution in [2.45, 2.75) is 19.9 Å². The van der Waals surface area contributed by atoms with E-state index in [1.807, 2.05) is 13.8 Å². The summed E-state index contributed by atoms with van der Waals surface area (Å²) in [5.41, 5.74) is 0. The van der Waals surface area contributed by atoms with Crippen LogP contribution in [0.15, 0.2) is 12.4 Å². The maximum atomic E-state index is 9.12. The third-order valence-electron chi connectivity index (χ3n) is 2.18. The van der Waals surface area contributed by atoms with Gasteiger partial charge in [-0.25, -0.2) is 9.97 Å². The second kappa shape index (κ2) is 5.50. The predicted molar refractivity (Wildman–Crippen MR) is 57.9 cm³/mol. The summed E-state index contributed by atoms with van der Waals surface area (Å²) < 4.78 is 4.95. The van der Waals surface area contributed by atoms with Gasteiger partial charge in [-0.1, -0.05) is 13.8 Å². The molecule has 0 saturated heterocycles. The first-order valence-electron chi connectivity index (χ1n) is 4.90. The molecule has 0 radical (unpaired) electrons. The highest BCUT2D eigenvalue weighted by atomic mass is 16.5. The average Bonchev–Trinajstić information content (AvgIpc) is 2.26. The molecule has 0 spiro atoms. The molecule has 0 aliphatic rings. The van der Waals surface area contributed by atoms with E-state index < -0.39 is 0 Å². The number of anilines is 1. The van der Waals surface area contributed by atoms with Gasteiger partial charge in [0, 0.05) is 0 Å². The Kier molecular flexibility index (Phi) is 4.30. The molecule has 0 aliphatic carbocycles. The molecule has 0 aliphatic heterocycles. The van der Waals surface area contributed by atoms with E-state index >= 15 is 0 Å². The lowest BCUT2D eigenvalue weighted by atomic mass is 10.1. The van der Waals surface area contributed by atoms with Crippen LogP contribution in [0.1, 0.15) is 13.8 Å². The number of hydrogen-bond acceptors (Lipinski definition) is 5. The molecule has 84 valence electrons. The van der Waals surface area contributed by atoms with Crippen LogP contribution in [0.3, 0.4) is 0 Å². The van der Waals surface area contributed by atoms with E-state index in [0.717, 1.165) is 0 Å². The Balaban J connectivity index is 2.63. The van der Waals surface area contributed by atoms with E-state index in [1.54, 1.807) is 19.5 Å². The quantitative estimate of drug-likeness (QED) is 0.758. The number of nitrogens with one attached hydrogen (secondary N) is 1. The number of aromatic nitrogens is 2. The van der Waals surface area contributed by atoms with Crippen molar-refractivity contribution in [1.82, 2.24) is 9.97 Å². The molecule has 0 amide bonds. The molecule has 1 aromatic rings. The molecule has 5 heteroatoms. The lowest BCUT2D eigenvalue weighted by molar-refractivity contribution is 0.248. The van der Waals surface area contributed by atoms with Crippen molar-refractivity contribution in [2.24, 2.45) is 5.92 Å². The minimum atomic E-state index is -0.0293. The molecule has 2 N–H and O–H groups in total. The van der Waals surface area contributed by atoms with Gasteiger partial charge in [0.05, 0.1) is 32.2 Å². The average molecular weight is 211 g/mol. The largest absolute Gasteiger partial charge is 0.494 e. The zero-order valence-electron chi connectivity index (χ0n) is 9.27. The number of nitrogens with zero attached hydrogens (tertiary/aromatic N) is 2. The summed E-state index contributed by atoms with van der Waals surface area (Å²) in [6.07, 6.45) is 3.17. The van der Waals surface area contributed by atoms with E-state index in [-0.39, 0.29) is 12.6 Å². The van der Waals surface area contributed by atoms with Crippen molar-refractivity contribution in [3.8, 4) is 5.75 Å². The summed E-state index contributed by atoms with van der Waals surface area (Å²) in [6.45, 7) is 4.11. The van der Waals surface area contributed by atoms with Gasteiger partial charge in [-0.05, 0) is 5.92 Å². The summed E-state index contributed by atoms with van der Waals surface area (Å²) in [6, 6.07) is -0.0293. The Morgan fingerprint density at radius 2 is 2.00 bits per heavy atom. The fourth-order valence-corrected chi connectivity index (χ4v) is 1.09. The highest BCUT2D eigenvalue weighted by molar-refractivity contribution is 5.28. The topological polar surface area (TPSA) is 67.3 Å². The van der Waals surface area contributed by atoms with Crippen molar-refractivity contribution >= 4 is 5.95 Å². The first kappa shape index (κ1) is 11.7. The van der Waals surface area contributed by atoms with Crippen LogP contribution in [0.25, 0.3) is 0 Å². The molecule has 15 heavy (non-hydrogen) atoms. The fourth-order valence-electron chi connectivity index (χ4n) is 1.09. The van der Waals surface area contributed by atoms with Gasteiger partial charge in [0.15, 0.2) is 5.75 Å². The van der Waals surface area contributed by atoms with Crippen molar-refractivity contribution in [3.63, 3.8) is 0 Å². The van der Waals surface area contributed by atoms with E-state index in [9.17, 15) is 0 Å². The smallest absolute Gasteiger partial charge is 0.223 e. The molecular formula is C10H17N3O2. The lowest BCUT2D eigenvalue weighted by Crippen LogP contribution is -2.30. The molecular weight excluding hydrogens is 194 g/mol. The highest BCUT2D eigenvalue weighted by Crippen LogP contribution is 2.10. The van der Waals surface area contributed by atoms with Gasteiger partial charge in [-0.2, -0.15) is 0 Å². The Morgan fingerprint density at radius 3 is 2.40 bits per heavy atom. The number of hydrogen-bond donors (Lipinski definition) is 2. The van der Waals surface area contributed by atoms with E-state index in [1.165, 1.54) is 0 Å². The van der Waals surface area contributed by atoms with Crippen molar-refractivity contribution in [2.75, 3.05) is 19.0 Å². The van der Waals surface area contributed by atoms with Gasteiger partial charge in [-0.15, -0.1) is 0 Å². The molecule has 0 saturated carbocycles. The Labute approximate surface area is 89.5 Å². The van der Waals surface area contributed by atoms with Crippen molar-refractivity contribution < 1.29 is 9.84 Å². The van der Waals surface area contributed by atoms with Gasteiger partial charge in [0.2, 0.25) is 5.95 Å². The summed E-state index contributed by atoms with van der Waals surface area (Å²) in [4.78, 5) is 8.12. The lowest BCUT2D eigenvalue weighted by Gasteiger charge is -2.19. The van der Waals surface area contributed by atoms with Crippen LogP contribution >= 0.6 is 0 Å². The Hall–Kier alpha value is -1.36. The van der Waals surface area contributed by atoms with Crippen molar-refractivity contribution in [3.05, 3.63) is 12.4 Å². The minimum Gasteiger partial charge on any atom is -0.494 e. The van der Waals surface area contributed by atoms with Crippen LogP contribution in [0, 0.1) is 5.92 Å². The van der Waals surface area contributed by atoms with Crippen LogP contribution in [0.4, 0.5) is 5.95 Å². The number of methoxy groups -OCH3 is 1. The minimum absolute atomic E-state index is 0.0293. The Morgan fingerprint density at radius 1 is 1.40 bits per heavy atom. The van der Waals surface area contributed by atoms with Crippen LogP contribution in [0.5, 0.6) is 5.75 Å². The zero-order valence-corrected chi connectivity index (χ0v) is 9.27. The summed E-state index contributed by atoms with van der Waals surface area (Å²) in [5, 5.41) is 12.2. The summed E-state index contributed by atoms with van der Waals surface area (Å²) >= 11 is 0. The second-order valence-electron chi connectivity index (χ2n) is 3.62. The maximum absolute atomic E-state index is 9.12. The number of aliphatic hydroxyl groups is 1. The fraction of sp³-hybridized carbons (Fsp3) is 0.600. The van der Waals surface area contributed by atoms with Crippen LogP contribution in [-0.2, 0) is 0 Å². The van der Waals surface area contributed by atoms with Gasteiger partial charge >= 0.3 is 0 Å². The first-order valence-corrected chi connectivity index (χ1v) is 4.90. The second-order valence-corrected chi connectivity index (χ2v) is 3.62. The number of rotatable bonds is 5. The van der Waals surface area contributed by atoms with E-state index in [4.69, 9.17) is 9.84 Å². The predicted octanol–water partition coefficient (Wildman–Crippen LogP) is 0.914. The molecule has 1 rings (SSSR count). The molecule has 0 bridgehead atoms. The van der Waals surface area contributed by atoms with Crippen molar-refractivity contribution in [1.29, 1.82) is 0 Å². The molecule has 0 unspecified atom stereocenters. The number of ether oxygens (including phenoxy) is 1. The van der Waals surface area contributed by atoms with Gasteiger partial charge in [-0.3, -0.25) is 0 Å². The molecule has 5 nitrogen and oxygen atoms in total. The molecule has 1 heterocycles. The molecule has 0 aromatic carbocycles. The van der Waals surface area contributed by atoms with E-state index in [2.05, 4.69) is 15.3 Å². The zero-order chi connectivity index (χ0) is 11.3. The first-order chi connectivity index (χ1) is 7.17. The van der Waals surface area contributed by atoms with E-state index in [0.29, 0.717) is 17.6 Å². The van der Waals surface area contributed by atoms with Crippen LogP contribution in [0.2, 0.25) is 0 Å². The van der Waals surface area contributed by atoms with Gasteiger partial charge < -0.3 is 15.2 Å². The monoisotopic (exact) mass is 211 g/mol. The van der Waals surface area contributed by atoms with Gasteiger partial charge in [0.1, 0.15) is 0 Å². The third-order valence-corrected chi connectivity index (χ3v) is 2.18. The maximum Gasteiger partial charge on any atom is 0.223 e. The summed E-state index contributed by atoms with van der Waals surface area (Å²) in [5.74, 6) is 1.44. The van der Waals surface area contributed by atoms with Crippen LogP contribution < -0.4 is 10.1 Å². The summed E-state index contributed by atoms with van der Waals surface area (Å²) in [7, 11) is 1.57. The molecule has 1 atom stereocenters. The highest BCUT2D eigenvalue weighted by Gasteiger charge is 2.12. The standard InChI is InChI=1S/C10H17N3O2/c1-7(2)9(6-14)13-10-11-4-8(15-3)5-12-10/h4-5,7,9,14H,6H2,1-3H3,(H,11,12,13)/t9-/m1/s1. The molecule has 1 aromatic heterocycles. The normalized spacial score (nSPS) is 12.6. The van der Waals surface area contributed by atoms with Gasteiger partial charge in [0.25, 0.3) is 0 Å². The van der Waals surface area contributed by atoms with Crippen LogP contribution in [-0.4, -0.2) is 34.8 Å². The third kappa shape index (κ3) is 3.36. The molecule has 0 fully saturated rings. The SMILES string of the molecule is COc1cnc(N[C@H](CO)C(C)C)nc1. The number of aliphatic hydroxyl groups excluding tert-OH is 1. The Bertz CT molecular complexity index is 287.